The number of Topliss-reactive ketones (excluding diaryl/α,β-unsaturated/α-hetero) is 1. The Morgan fingerprint density at radius 3 is 2.57 bits per heavy atom. The molecule has 7 heavy (non-hydrogen) atoms. The van der Waals surface area contributed by atoms with Crippen LogP contribution in [-0.4, -0.2) is 5.78 Å². The van der Waals surface area contributed by atoms with Gasteiger partial charge in [-0.15, -0.1) is 0 Å². The van der Waals surface area contributed by atoms with E-state index < -0.39 is 0 Å². The largest absolute Gasteiger partial charge is 0.299 e. The predicted molar refractivity (Wildman–Crippen MR) is 25.2 cm³/mol. The molecule has 0 spiro atoms. The van der Waals surface area contributed by atoms with Gasteiger partial charge in [0.1, 0.15) is 5.78 Å². The molecular formula is C5H6NO. The van der Waals surface area contributed by atoms with E-state index in [2.05, 4.69) is 6.92 Å². The minimum Gasteiger partial charge on any atom is -0.299 e. The summed E-state index contributed by atoms with van der Waals surface area (Å²) in [4.78, 5) is 10.1. The molecule has 0 saturated carbocycles. The summed E-state index contributed by atoms with van der Waals surface area (Å²) in [5, 5.41) is 7.87. The van der Waals surface area contributed by atoms with E-state index in [-0.39, 0.29) is 18.6 Å². The Labute approximate surface area is 42.8 Å². The zero-order chi connectivity index (χ0) is 5.70. The molecule has 2 nitrogen and oxygen atoms in total. The van der Waals surface area contributed by atoms with Gasteiger partial charge in [0, 0.05) is 6.42 Å². The quantitative estimate of drug-likeness (QED) is 0.507. The van der Waals surface area contributed by atoms with E-state index in [1.807, 2.05) is 0 Å². The van der Waals surface area contributed by atoms with Crippen molar-refractivity contribution in [2.24, 2.45) is 0 Å². The van der Waals surface area contributed by atoms with Crippen LogP contribution in [0.3, 0.4) is 0 Å². The highest BCUT2D eigenvalue weighted by Gasteiger charge is 1.91. The van der Waals surface area contributed by atoms with E-state index in [9.17, 15) is 4.79 Å². The highest BCUT2D eigenvalue weighted by Crippen LogP contribution is 1.82. The molecule has 0 aliphatic rings. The number of rotatable bonds is 2. The fraction of sp³-hybridized carbons (Fsp3) is 0.400. The summed E-state index contributed by atoms with van der Waals surface area (Å²) in [7, 11) is 0. The summed E-state index contributed by atoms with van der Waals surface area (Å²) in [5.41, 5.74) is 0. The lowest BCUT2D eigenvalue weighted by Crippen LogP contribution is -1.90. The topological polar surface area (TPSA) is 40.9 Å². The summed E-state index contributed by atoms with van der Waals surface area (Å²) >= 11 is 0. The molecule has 0 heterocycles. The summed E-state index contributed by atoms with van der Waals surface area (Å²) in [6.45, 7) is 3.30. The third-order valence-corrected chi connectivity index (χ3v) is 0.555. The minimum absolute atomic E-state index is 0.00347. The van der Waals surface area contributed by atoms with Crippen LogP contribution in [0.15, 0.2) is 0 Å². The molecule has 2 heteroatoms. The lowest BCUT2D eigenvalue weighted by atomic mass is 10.2. The highest BCUT2D eigenvalue weighted by atomic mass is 16.1. The lowest BCUT2D eigenvalue weighted by molar-refractivity contribution is -0.117. The molecule has 0 atom stereocenters. The Hall–Kier alpha value is -0.840. The minimum atomic E-state index is -0.0949. The first-order valence-corrected chi connectivity index (χ1v) is 1.99. The molecule has 0 saturated heterocycles. The smallest absolute Gasteiger partial charge is 0.146 e. The lowest BCUT2D eigenvalue weighted by Gasteiger charge is -1.79. The van der Waals surface area contributed by atoms with E-state index in [0.717, 1.165) is 0 Å². The number of carbonyl (C=O) groups is 1. The van der Waals surface area contributed by atoms with E-state index in [4.69, 9.17) is 5.26 Å². The van der Waals surface area contributed by atoms with Crippen LogP contribution in [-0.2, 0) is 4.79 Å². The number of ketones is 1. The van der Waals surface area contributed by atoms with Gasteiger partial charge in [-0.2, -0.15) is 5.26 Å². The van der Waals surface area contributed by atoms with Crippen LogP contribution in [0.1, 0.15) is 12.8 Å². The molecule has 0 N–H and O–H groups in total. The van der Waals surface area contributed by atoms with Gasteiger partial charge in [-0.3, -0.25) is 4.79 Å². The second-order valence-electron chi connectivity index (χ2n) is 1.12. The molecule has 0 aliphatic carbocycles. The van der Waals surface area contributed by atoms with Gasteiger partial charge >= 0.3 is 0 Å². The van der Waals surface area contributed by atoms with E-state index >= 15 is 0 Å². The first-order valence-electron chi connectivity index (χ1n) is 1.99. The summed E-state index contributed by atoms with van der Waals surface area (Å²) < 4.78 is 0. The molecule has 0 aliphatic heterocycles. The number of nitriles is 1. The van der Waals surface area contributed by atoms with Gasteiger partial charge in [0.2, 0.25) is 0 Å². The molecule has 0 amide bonds. The summed E-state index contributed by atoms with van der Waals surface area (Å²) in [6, 6.07) is 1.73. The van der Waals surface area contributed by atoms with E-state index in [0.29, 0.717) is 0 Å². The Morgan fingerprint density at radius 2 is 2.43 bits per heavy atom. The maximum absolute atomic E-state index is 10.1. The normalized spacial score (nSPS) is 7.43. The van der Waals surface area contributed by atoms with Crippen LogP contribution in [0.5, 0.6) is 0 Å². The van der Waals surface area contributed by atoms with Crippen molar-refractivity contribution in [3.05, 3.63) is 6.92 Å². The van der Waals surface area contributed by atoms with Crippen molar-refractivity contribution in [3.63, 3.8) is 0 Å². The van der Waals surface area contributed by atoms with Crippen molar-refractivity contribution in [2.45, 2.75) is 12.8 Å². The Kier molecular flexibility index (Phi) is 2.95. The average molecular weight is 96.1 g/mol. The third kappa shape index (κ3) is 2.98. The maximum atomic E-state index is 10.1. The molecule has 0 aromatic heterocycles. The molecular weight excluding hydrogens is 90.1 g/mol. The van der Waals surface area contributed by atoms with Gasteiger partial charge < -0.3 is 0 Å². The Morgan fingerprint density at radius 1 is 1.86 bits per heavy atom. The fourth-order valence-corrected chi connectivity index (χ4v) is 0.177. The van der Waals surface area contributed by atoms with Crippen molar-refractivity contribution in [2.75, 3.05) is 0 Å². The van der Waals surface area contributed by atoms with Gasteiger partial charge in [-0.05, 0) is 6.92 Å². The van der Waals surface area contributed by atoms with Crippen molar-refractivity contribution in [1.82, 2.24) is 0 Å². The van der Waals surface area contributed by atoms with Crippen molar-refractivity contribution < 1.29 is 4.79 Å². The number of hydrogen-bond donors (Lipinski definition) is 0. The van der Waals surface area contributed by atoms with Gasteiger partial charge in [0.15, 0.2) is 0 Å². The first kappa shape index (κ1) is 6.16. The summed E-state index contributed by atoms with van der Waals surface area (Å²) in [5.74, 6) is -0.0949. The van der Waals surface area contributed by atoms with Gasteiger partial charge in [0.25, 0.3) is 0 Å². The number of nitrogens with zero attached hydrogens (tertiary/aromatic N) is 1. The van der Waals surface area contributed by atoms with Crippen LogP contribution in [0.2, 0.25) is 0 Å². The average Bonchev–Trinajstić information content (AvgIpc) is 1.68. The van der Waals surface area contributed by atoms with Crippen molar-refractivity contribution in [3.8, 4) is 6.07 Å². The third-order valence-electron chi connectivity index (χ3n) is 0.555. The number of carbonyl (C=O) groups excluding carboxylic acids is 1. The molecule has 0 unspecified atom stereocenters. The van der Waals surface area contributed by atoms with Crippen LogP contribution < -0.4 is 0 Å². The first-order chi connectivity index (χ1) is 3.31. The monoisotopic (exact) mass is 96.0 g/mol. The molecule has 0 rings (SSSR count). The molecule has 0 aromatic carbocycles. The number of hydrogen-bond acceptors (Lipinski definition) is 2. The highest BCUT2D eigenvalue weighted by molar-refractivity contribution is 5.80. The standard InChI is InChI=1S/C5H6NO/c1-2-5(7)3-4-6/h1-3H2. The van der Waals surface area contributed by atoms with Gasteiger partial charge in [-0.1, -0.05) is 0 Å². The second kappa shape index (κ2) is 3.35. The fourth-order valence-electron chi connectivity index (χ4n) is 0.177. The van der Waals surface area contributed by atoms with Crippen LogP contribution in [0.25, 0.3) is 0 Å². The van der Waals surface area contributed by atoms with E-state index in [1.165, 1.54) is 0 Å². The molecule has 0 aromatic rings. The van der Waals surface area contributed by atoms with Gasteiger partial charge in [0.05, 0.1) is 12.5 Å². The van der Waals surface area contributed by atoms with Crippen LogP contribution in [0, 0.1) is 18.3 Å². The SMILES string of the molecule is [CH2]CC(=O)CC#N. The second-order valence-corrected chi connectivity index (χ2v) is 1.12. The van der Waals surface area contributed by atoms with Gasteiger partial charge in [-0.25, -0.2) is 0 Å². The molecule has 37 valence electrons. The summed E-state index contributed by atoms with van der Waals surface area (Å²) in [6.07, 6.45) is 0.233. The van der Waals surface area contributed by atoms with Crippen molar-refractivity contribution >= 4 is 5.78 Å². The molecule has 0 fully saturated rings. The Bertz CT molecular complexity index is 101. The molecule has 1 radical (unpaired) electrons. The maximum Gasteiger partial charge on any atom is 0.146 e. The van der Waals surface area contributed by atoms with Crippen LogP contribution in [0.4, 0.5) is 0 Å². The van der Waals surface area contributed by atoms with Crippen molar-refractivity contribution in [1.29, 1.82) is 5.26 Å². The zero-order valence-electron chi connectivity index (χ0n) is 3.98. The van der Waals surface area contributed by atoms with E-state index in [1.54, 1.807) is 6.07 Å². The molecule has 0 bridgehead atoms. The Balaban J connectivity index is 3.23. The predicted octanol–water partition coefficient (Wildman–Crippen LogP) is 0.693. The zero-order valence-corrected chi connectivity index (χ0v) is 3.98. The van der Waals surface area contributed by atoms with Crippen LogP contribution >= 0.6 is 0 Å².